The van der Waals surface area contributed by atoms with Crippen molar-refractivity contribution in [3.8, 4) is 5.75 Å². The fourth-order valence-corrected chi connectivity index (χ4v) is 1.73. The minimum atomic E-state index is 0.0920. The van der Waals surface area contributed by atoms with Crippen LogP contribution in [0.15, 0.2) is 42.7 Å². The average molecular weight is 229 g/mol. The Hall–Kier alpha value is -2.03. The Labute approximate surface area is 101 Å². The number of methoxy groups -OCH3 is 1. The number of nitrogens with zero attached hydrogens (tertiary/aromatic N) is 1. The van der Waals surface area contributed by atoms with Crippen molar-refractivity contribution in [2.45, 2.75) is 13.5 Å². The monoisotopic (exact) mass is 229 g/mol. The molecule has 88 valence electrons. The van der Waals surface area contributed by atoms with Gasteiger partial charge in [-0.1, -0.05) is 12.1 Å². The van der Waals surface area contributed by atoms with Crippen LogP contribution in [-0.2, 0) is 6.54 Å². The van der Waals surface area contributed by atoms with Crippen molar-refractivity contribution in [3.05, 3.63) is 53.9 Å². The first kappa shape index (κ1) is 11.5. The highest BCUT2D eigenvalue weighted by atomic mass is 16.5. The zero-order chi connectivity index (χ0) is 12.3. The highest BCUT2D eigenvalue weighted by Gasteiger charge is 2.02. The van der Waals surface area contributed by atoms with Crippen LogP contribution in [0.5, 0.6) is 5.75 Å². The summed E-state index contributed by atoms with van der Waals surface area (Å²) >= 11 is 0. The molecule has 0 radical (unpaired) electrons. The third-order valence-corrected chi connectivity index (χ3v) is 2.66. The van der Waals surface area contributed by atoms with Crippen molar-refractivity contribution in [1.82, 2.24) is 4.57 Å². The minimum Gasteiger partial charge on any atom is -0.497 e. The smallest absolute Gasteiger partial charge is 0.161 e. The number of benzene rings is 1. The third-order valence-electron chi connectivity index (χ3n) is 2.66. The molecule has 3 nitrogen and oxygen atoms in total. The van der Waals surface area contributed by atoms with Gasteiger partial charge < -0.3 is 9.30 Å². The molecular weight excluding hydrogens is 214 g/mol. The second-order valence-electron chi connectivity index (χ2n) is 3.98. The van der Waals surface area contributed by atoms with Crippen LogP contribution in [0.25, 0.3) is 0 Å². The van der Waals surface area contributed by atoms with Crippen LogP contribution in [0.1, 0.15) is 22.8 Å². The number of rotatable bonds is 4. The summed E-state index contributed by atoms with van der Waals surface area (Å²) in [6, 6.07) is 9.75. The largest absolute Gasteiger partial charge is 0.497 e. The molecule has 0 spiro atoms. The number of carbonyl (C=O) groups is 1. The summed E-state index contributed by atoms with van der Waals surface area (Å²) in [5.74, 6) is 0.941. The SMILES string of the molecule is COc1cccc(Cn2ccc(C(C)=O)c2)c1. The fourth-order valence-electron chi connectivity index (χ4n) is 1.73. The molecular formula is C14H15NO2. The number of aromatic nitrogens is 1. The first-order valence-electron chi connectivity index (χ1n) is 5.48. The Balaban J connectivity index is 2.16. The van der Waals surface area contributed by atoms with Gasteiger partial charge in [0.05, 0.1) is 7.11 Å². The number of hydrogen-bond donors (Lipinski definition) is 0. The van der Waals surface area contributed by atoms with Crippen molar-refractivity contribution in [2.24, 2.45) is 0 Å². The molecule has 0 saturated carbocycles. The number of carbonyl (C=O) groups excluding carboxylic acids is 1. The van der Waals surface area contributed by atoms with Gasteiger partial charge in [-0.05, 0) is 30.7 Å². The van der Waals surface area contributed by atoms with Crippen molar-refractivity contribution >= 4 is 5.78 Å². The molecule has 0 saturated heterocycles. The van der Waals surface area contributed by atoms with Crippen LogP contribution in [0.2, 0.25) is 0 Å². The molecule has 17 heavy (non-hydrogen) atoms. The van der Waals surface area contributed by atoms with Gasteiger partial charge >= 0.3 is 0 Å². The van der Waals surface area contributed by atoms with Crippen molar-refractivity contribution in [2.75, 3.05) is 7.11 Å². The van der Waals surface area contributed by atoms with Gasteiger partial charge in [0.1, 0.15) is 5.75 Å². The first-order valence-corrected chi connectivity index (χ1v) is 5.48. The maximum absolute atomic E-state index is 11.2. The molecule has 0 atom stereocenters. The highest BCUT2D eigenvalue weighted by Crippen LogP contribution is 2.14. The molecule has 1 aromatic carbocycles. The molecule has 0 bridgehead atoms. The van der Waals surface area contributed by atoms with Crippen LogP contribution < -0.4 is 4.74 Å². The third kappa shape index (κ3) is 2.75. The summed E-state index contributed by atoms with van der Waals surface area (Å²) in [5, 5.41) is 0. The number of ether oxygens (including phenoxy) is 1. The molecule has 0 aliphatic carbocycles. The predicted molar refractivity (Wildman–Crippen MR) is 66.5 cm³/mol. The maximum Gasteiger partial charge on any atom is 0.161 e. The van der Waals surface area contributed by atoms with E-state index in [2.05, 4.69) is 0 Å². The molecule has 0 aliphatic rings. The lowest BCUT2D eigenvalue weighted by Gasteiger charge is -2.05. The molecule has 2 aromatic rings. The summed E-state index contributed by atoms with van der Waals surface area (Å²) in [7, 11) is 1.66. The second kappa shape index (κ2) is 4.87. The van der Waals surface area contributed by atoms with Gasteiger partial charge in [0.15, 0.2) is 5.78 Å². The van der Waals surface area contributed by atoms with Gasteiger partial charge in [0, 0.05) is 24.5 Å². The van der Waals surface area contributed by atoms with Gasteiger partial charge in [-0.15, -0.1) is 0 Å². The summed E-state index contributed by atoms with van der Waals surface area (Å²) in [6.07, 6.45) is 3.78. The lowest BCUT2D eigenvalue weighted by molar-refractivity contribution is 0.101. The van der Waals surface area contributed by atoms with E-state index in [1.807, 2.05) is 47.3 Å². The average Bonchev–Trinajstić information content (AvgIpc) is 2.78. The standard InChI is InChI=1S/C14H15NO2/c1-11(16)13-6-7-15(10-13)9-12-4-3-5-14(8-12)17-2/h3-8,10H,9H2,1-2H3. The zero-order valence-electron chi connectivity index (χ0n) is 10.0. The normalized spacial score (nSPS) is 10.2. The Bertz CT molecular complexity index is 529. The van der Waals surface area contributed by atoms with Crippen molar-refractivity contribution in [1.29, 1.82) is 0 Å². The number of Topliss-reactive ketones (excluding diaryl/α,β-unsaturated/α-hetero) is 1. The summed E-state index contributed by atoms with van der Waals surface area (Å²) in [5.41, 5.74) is 1.89. The molecule has 1 aromatic heterocycles. The molecule has 1 heterocycles. The van der Waals surface area contributed by atoms with E-state index in [1.165, 1.54) is 0 Å². The van der Waals surface area contributed by atoms with Crippen LogP contribution in [-0.4, -0.2) is 17.5 Å². The highest BCUT2D eigenvalue weighted by molar-refractivity contribution is 5.93. The van der Waals surface area contributed by atoms with E-state index in [4.69, 9.17) is 4.74 Å². The Morgan fingerprint density at radius 3 is 2.82 bits per heavy atom. The minimum absolute atomic E-state index is 0.0920. The van der Waals surface area contributed by atoms with Gasteiger partial charge in [-0.2, -0.15) is 0 Å². The van der Waals surface area contributed by atoms with Crippen LogP contribution in [0.3, 0.4) is 0 Å². The fraction of sp³-hybridized carbons (Fsp3) is 0.214. The Kier molecular flexibility index (Phi) is 3.28. The molecule has 2 rings (SSSR count). The summed E-state index contributed by atoms with van der Waals surface area (Å²) < 4.78 is 7.16. The van der Waals surface area contributed by atoms with Crippen LogP contribution >= 0.6 is 0 Å². The number of ketones is 1. The molecule has 3 heteroatoms. The van der Waals surface area contributed by atoms with Gasteiger partial charge in [-0.25, -0.2) is 0 Å². The van der Waals surface area contributed by atoms with Gasteiger partial charge in [0.25, 0.3) is 0 Å². The van der Waals surface area contributed by atoms with Crippen LogP contribution in [0.4, 0.5) is 0 Å². The Morgan fingerprint density at radius 1 is 1.35 bits per heavy atom. The van der Waals surface area contributed by atoms with Crippen molar-refractivity contribution in [3.63, 3.8) is 0 Å². The van der Waals surface area contributed by atoms with Gasteiger partial charge in [0.2, 0.25) is 0 Å². The van der Waals surface area contributed by atoms with E-state index in [-0.39, 0.29) is 5.78 Å². The van der Waals surface area contributed by atoms with E-state index < -0.39 is 0 Å². The quantitative estimate of drug-likeness (QED) is 0.755. The first-order chi connectivity index (χ1) is 8.19. The molecule has 0 aliphatic heterocycles. The number of hydrogen-bond acceptors (Lipinski definition) is 2. The molecule has 0 N–H and O–H groups in total. The van der Waals surface area contributed by atoms with E-state index >= 15 is 0 Å². The molecule has 0 unspecified atom stereocenters. The lowest BCUT2D eigenvalue weighted by atomic mass is 10.2. The van der Waals surface area contributed by atoms with E-state index in [0.29, 0.717) is 0 Å². The predicted octanol–water partition coefficient (Wildman–Crippen LogP) is 2.75. The van der Waals surface area contributed by atoms with E-state index in [9.17, 15) is 4.79 Å². The van der Waals surface area contributed by atoms with E-state index in [0.717, 1.165) is 23.4 Å². The van der Waals surface area contributed by atoms with Crippen LogP contribution in [0, 0.1) is 0 Å². The Morgan fingerprint density at radius 2 is 2.18 bits per heavy atom. The maximum atomic E-state index is 11.2. The lowest BCUT2D eigenvalue weighted by Crippen LogP contribution is -1.97. The van der Waals surface area contributed by atoms with Gasteiger partial charge in [-0.3, -0.25) is 4.79 Å². The second-order valence-corrected chi connectivity index (χ2v) is 3.98. The topological polar surface area (TPSA) is 31.2 Å². The zero-order valence-corrected chi connectivity index (χ0v) is 10.0. The molecule has 0 amide bonds. The van der Waals surface area contributed by atoms with Crippen molar-refractivity contribution < 1.29 is 9.53 Å². The summed E-state index contributed by atoms with van der Waals surface area (Å²) in [6.45, 7) is 2.32. The van der Waals surface area contributed by atoms with E-state index in [1.54, 1.807) is 14.0 Å². The molecule has 0 fully saturated rings. The summed E-state index contributed by atoms with van der Waals surface area (Å²) in [4.78, 5) is 11.2.